The third-order valence-corrected chi connectivity index (χ3v) is 8.45. The van der Waals surface area contributed by atoms with E-state index in [0.717, 1.165) is 66.6 Å². The second-order valence-corrected chi connectivity index (χ2v) is 10.0. The highest BCUT2D eigenvalue weighted by molar-refractivity contribution is 5.39. The van der Waals surface area contributed by atoms with Crippen LogP contribution in [0, 0.1) is 16.7 Å². The van der Waals surface area contributed by atoms with E-state index in [1.165, 1.54) is 0 Å². The van der Waals surface area contributed by atoms with E-state index >= 15 is 0 Å². The monoisotopic (exact) mass is 532 g/mol. The van der Waals surface area contributed by atoms with Crippen molar-refractivity contribution in [2.45, 2.75) is 31.5 Å². The number of nitrogens with zero attached hydrogens (tertiary/aromatic N) is 2. The summed E-state index contributed by atoms with van der Waals surface area (Å²) in [5, 5.41) is 21.8. The summed E-state index contributed by atoms with van der Waals surface area (Å²) in [5.74, 6) is 0. The van der Waals surface area contributed by atoms with Gasteiger partial charge in [-0.3, -0.25) is 0 Å². The van der Waals surface area contributed by atoms with Crippen LogP contribution in [0.5, 0.6) is 0 Å². The van der Waals surface area contributed by atoms with Gasteiger partial charge in [0.1, 0.15) is 12.1 Å². The van der Waals surface area contributed by atoms with Crippen LogP contribution < -0.4 is 17.0 Å². The molecule has 0 spiro atoms. The van der Waals surface area contributed by atoms with Crippen LogP contribution in [-0.2, 0) is 16.9 Å². The summed E-state index contributed by atoms with van der Waals surface area (Å²) >= 11 is 0. The average Bonchev–Trinajstić information content (AvgIpc) is 2.93. The molecule has 3 aromatic rings. The number of fused-ring (bicyclic) bond motifs is 3. The van der Waals surface area contributed by atoms with E-state index < -0.39 is 5.60 Å². The van der Waals surface area contributed by atoms with Gasteiger partial charge in [0, 0.05) is 24.7 Å². The van der Waals surface area contributed by atoms with Gasteiger partial charge in [-0.05, 0) is 22.8 Å². The molecule has 0 unspecified atom stereocenters. The highest BCUT2D eigenvalue weighted by atomic mass is 79.9. The molecule has 3 aromatic carbocycles. The first kappa shape index (κ1) is 25.6. The summed E-state index contributed by atoms with van der Waals surface area (Å²) < 4.78 is 7.09. The van der Waals surface area contributed by atoms with Crippen molar-refractivity contribution in [3.63, 3.8) is 0 Å². The Labute approximate surface area is 219 Å². The van der Waals surface area contributed by atoms with Crippen molar-refractivity contribution in [2.24, 2.45) is 5.41 Å². The minimum absolute atomic E-state index is 0. The van der Waals surface area contributed by atoms with E-state index in [2.05, 4.69) is 30.3 Å². The first-order valence-corrected chi connectivity index (χ1v) is 12.4. The van der Waals surface area contributed by atoms with Gasteiger partial charge in [0.25, 0.3) is 0 Å². The van der Waals surface area contributed by atoms with E-state index in [0.29, 0.717) is 18.8 Å². The molecule has 182 valence electrons. The molecule has 6 rings (SSSR count). The smallest absolute Gasteiger partial charge is 0.121 e. The lowest BCUT2D eigenvalue weighted by molar-refractivity contribution is -0.946. The van der Waals surface area contributed by atoms with Crippen LogP contribution in [0.1, 0.15) is 41.5 Å². The Morgan fingerprint density at radius 3 is 1.89 bits per heavy atom. The zero-order chi connectivity index (χ0) is 23.5. The van der Waals surface area contributed by atoms with Crippen molar-refractivity contribution in [2.75, 3.05) is 32.8 Å². The Balaban J connectivity index is 0.00000289. The number of ether oxygens (including phenoxy) is 1. The lowest BCUT2D eigenvalue weighted by atomic mass is 9.56. The number of nitriles is 1. The zero-order valence-corrected chi connectivity index (χ0v) is 21.7. The molecule has 5 heteroatoms. The first-order valence-electron chi connectivity index (χ1n) is 12.4. The van der Waals surface area contributed by atoms with Gasteiger partial charge in [0.15, 0.2) is 0 Å². The third kappa shape index (κ3) is 4.69. The van der Waals surface area contributed by atoms with Crippen LogP contribution in [0.4, 0.5) is 0 Å². The van der Waals surface area contributed by atoms with Crippen LogP contribution in [0.3, 0.4) is 0 Å². The molecule has 0 radical (unpaired) electrons. The number of hydrogen-bond acceptors (Lipinski definition) is 3. The van der Waals surface area contributed by atoms with Crippen LogP contribution in [-0.4, -0.2) is 42.4 Å². The standard InChI is InChI=1S/C30H33N2O2.BrH/c31-23-25-9-7-8-10-26(25)24-34-22-21-32-18-15-29(16-19-32,17-20-32)30(33,27-11-3-1-4-12-27)28-13-5-2-6-14-28;/h1-14,33H,15-22,24H2;1H/q+1;/p-1. The summed E-state index contributed by atoms with van der Waals surface area (Å²) in [6.07, 6.45) is 3.01. The average molecular weight is 534 g/mol. The molecule has 0 aromatic heterocycles. The summed E-state index contributed by atoms with van der Waals surface area (Å²) in [7, 11) is 0. The van der Waals surface area contributed by atoms with Crippen molar-refractivity contribution in [3.05, 3.63) is 107 Å². The molecule has 3 aliphatic heterocycles. The molecule has 0 atom stereocenters. The quantitative estimate of drug-likeness (QED) is 0.356. The Morgan fingerprint density at radius 2 is 1.34 bits per heavy atom. The van der Waals surface area contributed by atoms with Crippen LogP contribution in [0.2, 0.25) is 0 Å². The van der Waals surface area contributed by atoms with Crippen molar-refractivity contribution in [1.82, 2.24) is 0 Å². The van der Waals surface area contributed by atoms with E-state index in [-0.39, 0.29) is 22.4 Å². The van der Waals surface area contributed by atoms with Gasteiger partial charge in [-0.1, -0.05) is 78.9 Å². The predicted molar refractivity (Wildman–Crippen MR) is 133 cm³/mol. The molecule has 1 N–H and O–H groups in total. The predicted octanol–water partition coefficient (Wildman–Crippen LogP) is 2.02. The van der Waals surface area contributed by atoms with E-state index in [1.807, 2.05) is 60.7 Å². The molecular weight excluding hydrogens is 500 g/mol. The van der Waals surface area contributed by atoms with Crippen molar-refractivity contribution in [3.8, 4) is 6.07 Å². The van der Waals surface area contributed by atoms with Crippen LogP contribution in [0.25, 0.3) is 0 Å². The van der Waals surface area contributed by atoms with E-state index in [1.54, 1.807) is 0 Å². The van der Waals surface area contributed by atoms with Crippen LogP contribution in [0.15, 0.2) is 84.9 Å². The summed E-state index contributed by atoms with van der Waals surface area (Å²) in [5.41, 5.74) is 2.52. The maximum Gasteiger partial charge on any atom is 0.121 e. The summed E-state index contributed by atoms with van der Waals surface area (Å²) in [6.45, 7) is 5.37. The Kier molecular flexibility index (Phi) is 7.78. The third-order valence-electron chi connectivity index (χ3n) is 8.45. The molecule has 3 aliphatic rings. The SMILES string of the molecule is N#Cc1ccccc1COCC[N+]12CCC(C(O)(c3ccccc3)c3ccccc3)(CC1)CC2.[Br-]. The van der Waals surface area contributed by atoms with Gasteiger partial charge < -0.3 is 31.3 Å². The molecule has 4 nitrogen and oxygen atoms in total. The van der Waals surface area contributed by atoms with Crippen LogP contribution >= 0.6 is 0 Å². The molecule has 3 heterocycles. The number of piperidine rings is 3. The van der Waals surface area contributed by atoms with E-state index in [9.17, 15) is 10.4 Å². The molecule has 2 bridgehead atoms. The highest BCUT2D eigenvalue weighted by Crippen LogP contribution is 2.57. The number of benzene rings is 3. The number of aliphatic hydroxyl groups is 1. The highest BCUT2D eigenvalue weighted by Gasteiger charge is 2.60. The molecular formula is C30H33BrN2O2. The fourth-order valence-corrected chi connectivity index (χ4v) is 6.28. The second-order valence-electron chi connectivity index (χ2n) is 10.0. The first-order chi connectivity index (χ1) is 16.6. The molecule has 3 fully saturated rings. The van der Waals surface area contributed by atoms with Crippen molar-refractivity contribution in [1.29, 1.82) is 5.26 Å². The Bertz CT molecular complexity index is 1100. The maximum absolute atomic E-state index is 12.5. The molecule has 35 heavy (non-hydrogen) atoms. The van der Waals surface area contributed by atoms with Gasteiger partial charge in [-0.25, -0.2) is 0 Å². The fourth-order valence-electron chi connectivity index (χ4n) is 6.28. The van der Waals surface area contributed by atoms with E-state index in [4.69, 9.17) is 4.74 Å². The number of quaternary nitrogens is 1. The second kappa shape index (κ2) is 10.6. The van der Waals surface area contributed by atoms with Gasteiger partial charge in [0.05, 0.1) is 44.5 Å². The number of rotatable bonds is 8. The fraction of sp³-hybridized carbons (Fsp3) is 0.367. The Morgan fingerprint density at radius 1 is 0.829 bits per heavy atom. The van der Waals surface area contributed by atoms with Crippen molar-refractivity contribution < 1.29 is 31.3 Å². The van der Waals surface area contributed by atoms with Gasteiger partial charge in [-0.15, -0.1) is 0 Å². The summed E-state index contributed by atoms with van der Waals surface area (Å²) in [4.78, 5) is 0. The topological polar surface area (TPSA) is 53.2 Å². The minimum Gasteiger partial charge on any atom is -1.00 e. The summed E-state index contributed by atoms with van der Waals surface area (Å²) in [6, 6.07) is 30.4. The normalized spacial score (nSPS) is 23.3. The molecule has 0 aliphatic carbocycles. The molecule has 3 saturated heterocycles. The lowest BCUT2D eigenvalue weighted by Gasteiger charge is -2.60. The minimum atomic E-state index is -0.983. The molecule has 0 saturated carbocycles. The van der Waals surface area contributed by atoms with Gasteiger partial charge >= 0.3 is 0 Å². The zero-order valence-electron chi connectivity index (χ0n) is 20.1. The Hall–Kier alpha value is -2.49. The lowest BCUT2D eigenvalue weighted by Crippen LogP contribution is -3.00. The largest absolute Gasteiger partial charge is 1.00 e. The van der Waals surface area contributed by atoms with Gasteiger partial charge in [-0.2, -0.15) is 5.26 Å². The number of halogens is 1. The molecule has 0 amide bonds. The number of hydrogen-bond donors (Lipinski definition) is 1. The van der Waals surface area contributed by atoms with Gasteiger partial charge in [0.2, 0.25) is 0 Å². The van der Waals surface area contributed by atoms with Crippen molar-refractivity contribution >= 4 is 0 Å². The maximum atomic E-state index is 12.5.